The molecule has 0 saturated heterocycles. The van der Waals surface area contributed by atoms with Gasteiger partial charge in [0.25, 0.3) is 5.91 Å². The molecule has 0 bridgehead atoms. The number of aromatic amines is 1. The summed E-state index contributed by atoms with van der Waals surface area (Å²) < 4.78 is 76.4. The van der Waals surface area contributed by atoms with E-state index in [-0.39, 0.29) is 33.2 Å². The van der Waals surface area contributed by atoms with E-state index in [4.69, 9.17) is 16.3 Å². The van der Waals surface area contributed by atoms with Crippen molar-refractivity contribution in [2.75, 3.05) is 18.0 Å². The van der Waals surface area contributed by atoms with Gasteiger partial charge in [-0.3, -0.25) is 9.89 Å². The van der Waals surface area contributed by atoms with Gasteiger partial charge < -0.3 is 10.1 Å². The van der Waals surface area contributed by atoms with Crippen molar-refractivity contribution in [2.45, 2.75) is 12.8 Å². The number of fused-ring (bicyclic) bond motifs is 1. The third-order valence-corrected chi connectivity index (χ3v) is 7.06. The lowest BCUT2D eigenvalue weighted by Crippen LogP contribution is -2.26. The topological polar surface area (TPSA) is 117 Å². The molecule has 2 heterocycles. The third kappa shape index (κ3) is 4.63. The minimum Gasteiger partial charge on any atom is -0.479 e. The average Bonchev–Trinajstić information content (AvgIpc) is 3.61. The van der Waals surface area contributed by atoms with Crippen LogP contribution in [-0.4, -0.2) is 43.2 Å². The largest absolute Gasteiger partial charge is 0.479 e. The number of thiol groups is 1. The highest BCUT2D eigenvalue weighted by Gasteiger charge is 2.28. The molecule has 2 aromatic heterocycles. The van der Waals surface area contributed by atoms with Crippen molar-refractivity contribution in [3.63, 3.8) is 0 Å². The molecular formula is C24H19ClF3N5O4S. The molecule has 0 radical (unpaired) electrons. The van der Waals surface area contributed by atoms with Crippen LogP contribution in [0.15, 0.2) is 36.5 Å². The lowest BCUT2D eigenvalue weighted by atomic mass is 10.0. The van der Waals surface area contributed by atoms with Gasteiger partial charge in [0.15, 0.2) is 17.3 Å². The maximum atomic E-state index is 15.8. The molecule has 2 N–H and O–H groups in total. The number of methoxy groups -OCH3 is 1. The summed E-state index contributed by atoms with van der Waals surface area (Å²) in [6.45, 7) is 0.475. The molecule has 5 rings (SSSR count). The van der Waals surface area contributed by atoms with Crippen molar-refractivity contribution < 1.29 is 31.1 Å². The predicted octanol–water partition coefficient (Wildman–Crippen LogP) is 4.51. The van der Waals surface area contributed by atoms with E-state index in [1.807, 2.05) is 0 Å². The molecule has 0 spiro atoms. The number of rotatable bonds is 8. The smallest absolute Gasteiger partial charge is 0.272 e. The zero-order valence-corrected chi connectivity index (χ0v) is 21.2. The highest BCUT2D eigenvalue weighted by molar-refractivity contribution is 7.74. The van der Waals surface area contributed by atoms with Crippen LogP contribution in [0.4, 0.5) is 24.5 Å². The highest BCUT2D eigenvalue weighted by Crippen LogP contribution is 2.40. The van der Waals surface area contributed by atoms with Gasteiger partial charge in [0.1, 0.15) is 17.0 Å². The number of carbonyl (C=O) groups is 1. The fourth-order valence-electron chi connectivity index (χ4n) is 4.05. The van der Waals surface area contributed by atoms with Gasteiger partial charge in [0.2, 0.25) is 16.8 Å². The van der Waals surface area contributed by atoms with Gasteiger partial charge in [-0.2, -0.15) is 5.10 Å². The number of benzene rings is 2. The van der Waals surface area contributed by atoms with Crippen molar-refractivity contribution in [3.8, 4) is 17.0 Å². The van der Waals surface area contributed by atoms with Crippen LogP contribution in [0.5, 0.6) is 5.88 Å². The minimum atomic E-state index is -3.56. The molecule has 2 aromatic carbocycles. The SMILES string of the molecule is COc1ncc(Cl)cc1N(c1ccc(F)c(-c2ccc3c(C(=O)NCC4CC4)n[nH]c3c2F)c1F)[SH](=O)=O. The molecule has 1 aliphatic rings. The van der Waals surface area contributed by atoms with Gasteiger partial charge >= 0.3 is 0 Å². The van der Waals surface area contributed by atoms with Crippen LogP contribution in [0.2, 0.25) is 5.02 Å². The fourth-order valence-corrected chi connectivity index (χ4v) is 4.85. The number of nitrogens with zero attached hydrogens (tertiary/aromatic N) is 3. The average molecular weight is 566 g/mol. The highest BCUT2D eigenvalue weighted by atomic mass is 35.5. The van der Waals surface area contributed by atoms with E-state index in [1.165, 1.54) is 25.4 Å². The Bertz CT molecular complexity index is 1650. The van der Waals surface area contributed by atoms with Crippen LogP contribution < -0.4 is 14.4 Å². The van der Waals surface area contributed by atoms with Crippen LogP contribution in [0.1, 0.15) is 23.3 Å². The van der Waals surface area contributed by atoms with Crippen molar-refractivity contribution >= 4 is 50.7 Å². The maximum absolute atomic E-state index is 15.8. The number of anilines is 2. The Hall–Kier alpha value is -3.84. The van der Waals surface area contributed by atoms with Gasteiger partial charge in [-0.05, 0) is 43.0 Å². The molecule has 1 amide bonds. The summed E-state index contributed by atoms with van der Waals surface area (Å²) in [5.41, 5.74) is -2.50. The van der Waals surface area contributed by atoms with Gasteiger partial charge in [0.05, 0.1) is 23.4 Å². The molecule has 14 heteroatoms. The van der Waals surface area contributed by atoms with E-state index >= 15 is 8.78 Å². The standard InChI is InChI=1S/C24H19ClF3N5O4S/c1-37-24-17(8-12(25)10-30-24)33(38(35)36)16-7-6-15(26)18(20(16)28)13-4-5-14-21(19(13)27)31-32-22(14)23(34)29-9-11-2-3-11/h4-8,10-11,38H,2-3,9H2,1H3,(H,29,34)(H,31,32). The Morgan fingerprint density at radius 2 is 1.95 bits per heavy atom. The lowest BCUT2D eigenvalue weighted by molar-refractivity contribution is 0.0948. The molecule has 9 nitrogen and oxygen atoms in total. The number of hydrogen-bond donors (Lipinski definition) is 3. The first-order valence-electron chi connectivity index (χ1n) is 11.3. The lowest BCUT2D eigenvalue weighted by Gasteiger charge is -2.21. The van der Waals surface area contributed by atoms with Gasteiger partial charge in [-0.1, -0.05) is 17.7 Å². The van der Waals surface area contributed by atoms with E-state index in [1.54, 1.807) is 0 Å². The summed E-state index contributed by atoms with van der Waals surface area (Å²) in [4.78, 5) is 16.4. The second-order valence-electron chi connectivity index (χ2n) is 8.56. The molecule has 1 fully saturated rings. The first-order chi connectivity index (χ1) is 18.2. The van der Waals surface area contributed by atoms with Crippen LogP contribution >= 0.6 is 11.6 Å². The van der Waals surface area contributed by atoms with E-state index in [9.17, 15) is 17.6 Å². The monoisotopic (exact) mass is 565 g/mol. The van der Waals surface area contributed by atoms with Crippen molar-refractivity contribution in [1.82, 2.24) is 20.5 Å². The first-order valence-corrected chi connectivity index (χ1v) is 12.8. The second-order valence-corrected chi connectivity index (χ2v) is 9.87. The normalized spacial score (nSPS) is 13.2. The summed E-state index contributed by atoms with van der Waals surface area (Å²) >= 11 is 5.96. The quantitative estimate of drug-likeness (QED) is 0.271. The molecule has 4 aromatic rings. The Morgan fingerprint density at radius 1 is 1.18 bits per heavy atom. The number of amides is 1. The molecule has 38 heavy (non-hydrogen) atoms. The Morgan fingerprint density at radius 3 is 2.63 bits per heavy atom. The molecule has 1 saturated carbocycles. The summed E-state index contributed by atoms with van der Waals surface area (Å²) in [7, 11) is -2.34. The number of nitrogens with one attached hydrogen (secondary N) is 2. The maximum Gasteiger partial charge on any atom is 0.272 e. The third-order valence-electron chi connectivity index (χ3n) is 6.09. The fraction of sp³-hybridized carbons (Fsp3) is 0.208. The molecule has 198 valence electrons. The van der Waals surface area contributed by atoms with Gasteiger partial charge in [0, 0.05) is 23.7 Å². The van der Waals surface area contributed by atoms with Gasteiger partial charge in [-0.25, -0.2) is 30.9 Å². The Kier molecular flexibility index (Phi) is 6.88. The van der Waals surface area contributed by atoms with Crippen molar-refractivity contribution in [3.05, 3.63) is 64.7 Å². The summed E-state index contributed by atoms with van der Waals surface area (Å²) in [6, 6.07) is 5.27. The molecular weight excluding hydrogens is 547 g/mol. The molecule has 0 aliphatic heterocycles. The van der Waals surface area contributed by atoms with E-state index in [0.717, 1.165) is 31.0 Å². The summed E-state index contributed by atoms with van der Waals surface area (Å²) in [6.07, 6.45) is 3.24. The number of carbonyl (C=O) groups excluding carboxylic acids is 1. The van der Waals surface area contributed by atoms with Crippen molar-refractivity contribution in [2.24, 2.45) is 5.92 Å². The zero-order valence-electron chi connectivity index (χ0n) is 19.6. The van der Waals surface area contributed by atoms with E-state index in [0.29, 0.717) is 16.8 Å². The number of halogens is 4. The zero-order chi connectivity index (χ0) is 27.1. The molecule has 0 unspecified atom stereocenters. The molecule has 1 aliphatic carbocycles. The van der Waals surface area contributed by atoms with E-state index in [2.05, 4.69) is 20.5 Å². The summed E-state index contributed by atoms with van der Waals surface area (Å²) in [5.74, 6) is -3.89. The Labute approximate surface area is 220 Å². The number of aromatic nitrogens is 3. The number of ether oxygens (including phenoxy) is 1. The minimum absolute atomic E-state index is 0.0260. The van der Waals surface area contributed by atoms with Gasteiger partial charge in [-0.15, -0.1) is 0 Å². The van der Waals surface area contributed by atoms with Crippen LogP contribution in [-0.2, 0) is 10.9 Å². The van der Waals surface area contributed by atoms with Crippen LogP contribution in [0.25, 0.3) is 22.0 Å². The predicted molar refractivity (Wildman–Crippen MR) is 135 cm³/mol. The number of pyridine rings is 1. The van der Waals surface area contributed by atoms with Crippen LogP contribution in [0, 0.1) is 23.4 Å². The number of H-pyrrole nitrogens is 1. The van der Waals surface area contributed by atoms with Crippen LogP contribution in [0.3, 0.4) is 0 Å². The molecule has 0 atom stereocenters. The summed E-state index contributed by atoms with van der Waals surface area (Å²) in [5, 5.41) is 9.18. The van der Waals surface area contributed by atoms with E-state index < -0.39 is 51.1 Å². The first kappa shape index (κ1) is 25.8. The second kappa shape index (κ2) is 10.1. The Balaban J connectivity index is 1.61. The van der Waals surface area contributed by atoms with Crippen molar-refractivity contribution in [1.29, 1.82) is 0 Å². The number of hydrogen-bond acceptors (Lipinski definition) is 6.